The molecule has 104 valence electrons. The molecule has 0 unspecified atom stereocenters. The van der Waals surface area contributed by atoms with Crippen molar-refractivity contribution in [2.24, 2.45) is 0 Å². The van der Waals surface area contributed by atoms with Crippen LogP contribution in [0.3, 0.4) is 0 Å². The van der Waals surface area contributed by atoms with Crippen molar-refractivity contribution in [3.05, 3.63) is 44.4 Å². The summed E-state index contributed by atoms with van der Waals surface area (Å²) < 4.78 is 5.55. The van der Waals surface area contributed by atoms with Gasteiger partial charge in [-0.3, -0.25) is 4.79 Å². The quantitative estimate of drug-likeness (QED) is 0.852. The molecule has 0 spiro atoms. The van der Waals surface area contributed by atoms with Gasteiger partial charge >= 0.3 is 0 Å². The van der Waals surface area contributed by atoms with E-state index in [0.29, 0.717) is 33.2 Å². The third kappa shape index (κ3) is 2.73. The number of nitrogen functional groups attached to an aromatic ring is 1. The molecule has 1 aromatic heterocycles. The number of halogens is 2. The highest BCUT2D eigenvalue weighted by Gasteiger charge is 2.26. The molecule has 0 bridgehead atoms. The number of hydrogen-bond donors (Lipinski definition) is 2. The van der Waals surface area contributed by atoms with Crippen molar-refractivity contribution in [2.45, 2.75) is 18.8 Å². The first-order valence-corrected chi connectivity index (χ1v) is 6.82. The standard InChI is InChI=1S/C13H11Cl2N3O2/c14-7-3-9(16)10(4-8(7)15)20-12-5-11(19)17-13(18-12)6-1-2-6/h3-6H,1-2,16H2,(H,17,18,19). The highest BCUT2D eigenvalue weighted by atomic mass is 35.5. The second-order valence-corrected chi connectivity index (χ2v) is 5.46. The zero-order chi connectivity index (χ0) is 14.3. The van der Waals surface area contributed by atoms with E-state index in [-0.39, 0.29) is 11.4 Å². The average molecular weight is 312 g/mol. The molecule has 1 aromatic carbocycles. The van der Waals surface area contributed by atoms with Gasteiger partial charge < -0.3 is 15.5 Å². The van der Waals surface area contributed by atoms with Crippen LogP contribution in [0.15, 0.2) is 23.0 Å². The average Bonchev–Trinajstić information content (AvgIpc) is 3.19. The normalized spacial score (nSPS) is 14.3. The topological polar surface area (TPSA) is 81.0 Å². The monoisotopic (exact) mass is 311 g/mol. The first kappa shape index (κ1) is 13.3. The summed E-state index contributed by atoms with van der Waals surface area (Å²) in [5.41, 5.74) is 5.88. The first-order valence-electron chi connectivity index (χ1n) is 6.06. The first-order chi connectivity index (χ1) is 9.52. The molecule has 1 heterocycles. The Morgan fingerprint density at radius 1 is 1.25 bits per heavy atom. The second-order valence-electron chi connectivity index (χ2n) is 4.65. The van der Waals surface area contributed by atoms with Crippen molar-refractivity contribution < 1.29 is 4.74 Å². The fourth-order valence-electron chi connectivity index (χ4n) is 1.80. The van der Waals surface area contributed by atoms with Crippen LogP contribution in [-0.4, -0.2) is 9.97 Å². The van der Waals surface area contributed by atoms with Gasteiger partial charge in [0.15, 0.2) is 5.75 Å². The van der Waals surface area contributed by atoms with Gasteiger partial charge in [0.25, 0.3) is 5.56 Å². The molecule has 3 N–H and O–H groups in total. The Labute approximate surface area is 124 Å². The number of hydrogen-bond acceptors (Lipinski definition) is 4. The van der Waals surface area contributed by atoms with E-state index in [9.17, 15) is 4.79 Å². The Morgan fingerprint density at radius 3 is 2.65 bits per heavy atom. The Balaban J connectivity index is 1.95. The highest BCUT2D eigenvalue weighted by Crippen LogP contribution is 2.39. The van der Waals surface area contributed by atoms with Gasteiger partial charge in [0.2, 0.25) is 5.88 Å². The van der Waals surface area contributed by atoms with Crippen LogP contribution in [0, 0.1) is 0 Å². The zero-order valence-corrected chi connectivity index (χ0v) is 11.8. The van der Waals surface area contributed by atoms with Crippen LogP contribution in [0.1, 0.15) is 24.6 Å². The Hall–Kier alpha value is -1.72. The lowest BCUT2D eigenvalue weighted by Gasteiger charge is -2.09. The molecule has 1 fully saturated rings. The summed E-state index contributed by atoms with van der Waals surface area (Å²) in [6.45, 7) is 0. The molecule has 0 atom stereocenters. The number of aromatic amines is 1. The molecule has 1 saturated carbocycles. The van der Waals surface area contributed by atoms with E-state index in [2.05, 4.69) is 9.97 Å². The van der Waals surface area contributed by atoms with Crippen LogP contribution in [0.25, 0.3) is 0 Å². The van der Waals surface area contributed by atoms with E-state index in [1.54, 1.807) is 0 Å². The summed E-state index contributed by atoms with van der Waals surface area (Å²) in [6.07, 6.45) is 2.06. The van der Waals surface area contributed by atoms with Gasteiger partial charge in [-0.25, -0.2) is 0 Å². The maximum Gasteiger partial charge on any atom is 0.254 e. The smallest absolute Gasteiger partial charge is 0.254 e. The van der Waals surface area contributed by atoms with E-state index in [0.717, 1.165) is 12.8 Å². The zero-order valence-electron chi connectivity index (χ0n) is 10.3. The number of aromatic nitrogens is 2. The van der Waals surface area contributed by atoms with Crippen molar-refractivity contribution in [1.82, 2.24) is 9.97 Å². The lowest BCUT2D eigenvalue weighted by Crippen LogP contribution is -2.10. The number of ether oxygens (including phenoxy) is 1. The Kier molecular flexibility index (Phi) is 3.31. The van der Waals surface area contributed by atoms with Crippen molar-refractivity contribution in [1.29, 1.82) is 0 Å². The van der Waals surface area contributed by atoms with Gasteiger partial charge in [-0.05, 0) is 18.9 Å². The SMILES string of the molecule is Nc1cc(Cl)c(Cl)cc1Oc1cc(=O)[nH]c(C2CC2)n1. The predicted molar refractivity (Wildman–Crippen MR) is 77.8 cm³/mol. The third-order valence-corrected chi connectivity index (χ3v) is 3.69. The summed E-state index contributed by atoms with van der Waals surface area (Å²) in [7, 11) is 0. The molecule has 0 radical (unpaired) electrons. The molecule has 0 saturated heterocycles. The maximum atomic E-state index is 11.6. The summed E-state index contributed by atoms with van der Waals surface area (Å²) in [4.78, 5) is 18.6. The van der Waals surface area contributed by atoms with Crippen LogP contribution >= 0.6 is 23.2 Å². The van der Waals surface area contributed by atoms with Crippen molar-refractivity contribution in [2.75, 3.05) is 5.73 Å². The molecule has 5 nitrogen and oxygen atoms in total. The molecule has 0 aliphatic heterocycles. The van der Waals surface area contributed by atoms with Gasteiger partial charge in [-0.2, -0.15) is 4.98 Å². The third-order valence-electron chi connectivity index (χ3n) is 2.97. The minimum absolute atomic E-state index is 0.195. The fraction of sp³-hybridized carbons (Fsp3) is 0.231. The largest absolute Gasteiger partial charge is 0.437 e. The van der Waals surface area contributed by atoms with E-state index in [1.165, 1.54) is 18.2 Å². The Bertz CT molecular complexity index is 726. The molecule has 20 heavy (non-hydrogen) atoms. The lowest BCUT2D eigenvalue weighted by molar-refractivity contribution is 0.459. The minimum atomic E-state index is -0.254. The van der Waals surface area contributed by atoms with Gasteiger partial charge in [0.1, 0.15) is 5.82 Å². The summed E-state index contributed by atoms with van der Waals surface area (Å²) in [5.74, 6) is 1.48. The summed E-state index contributed by atoms with van der Waals surface area (Å²) in [5, 5.41) is 0.664. The van der Waals surface area contributed by atoms with Crippen molar-refractivity contribution in [3.63, 3.8) is 0 Å². The number of benzene rings is 1. The van der Waals surface area contributed by atoms with Gasteiger partial charge in [0.05, 0.1) is 21.8 Å². The van der Waals surface area contributed by atoms with Crippen LogP contribution in [0.5, 0.6) is 11.6 Å². The lowest BCUT2D eigenvalue weighted by atomic mass is 10.3. The van der Waals surface area contributed by atoms with Gasteiger partial charge in [0, 0.05) is 12.0 Å². The molecule has 1 aliphatic rings. The van der Waals surface area contributed by atoms with E-state index >= 15 is 0 Å². The summed E-state index contributed by atoms with van der Waals surface area (Å²) in [6, 6.07) is 4.26. The molecule has 7 heteroatoms. The summed E-state index contributed by atoms with van der Waals surface area (Å²) >= 11 is 11.8. The number of nitrogens with zero attached hydrogens (tertiary/aromatic N) is 1. The maximum absolute atomic E-state index is 11.6. The minimum Gasteiger partial charge on any atom is -0.437 e. The van der Waals surface area contributed by atoms with Gasteiger partial charge in [-0.1, -0.05) is 23.2 Å². The number of anilines is 1. The van der Waals surface area contributed by atoms with E-state index in [1.807, 2.05) is 0 Å². The number of H-pyrrole nitrogens is 1. The second kappa shape index (κ2) is 5.00. The molecular formula is C13H11Cl2N3O2. The predicted octanol–water partition coefficient (Wildman–Crippen LogP) is 3.33. The molecular weight excluding hydrogens is 301 g/mol. The van der Waals surface area contributed by atoms with Crippen LogP contribution in [-0.2, 0) is 0 Å². The van der Waals surface area contributed by atoms with Crippen LogP contribution < -0.4 is 16.0 Å². The van der Waals surface area contributed by atoms with Crippen LogP contribution in [0.2, 0.25) is 10.0 Å². The molecule has 1 aliphatic carbocycles. The van der Waals surface area contributed by atoms with E-state index < -0.39 is 0 Å². The number of nitrogens with two attached hydrogens (primary N) is 1. The highest BCUT2D eigenvalue weighted by molar-refractivity contribution is 6.42. The molecule has 2 aromatic rings. The van der Waals surface area contributed by atoms with Crippen molar-refractivity contribution >= 4 is 28.9 Å². The van der Waals surface area contributed by atoms with E-state index in [4.69, 9.17) is 33.7 Å². The molecule has 0 amide bonds. The number of nitrogens with one attached hydrogen (secondary N) is 1. The Morgan fingerprint density at radius 2 is 1.95 bits per heavy atom. The van der Waals surface area contributed by atoms with Crippen molar-refractivity contribution in [3.8, 4) is 11.6 Å². The number of rotatable bonds is 3. The molecule has 3 rings (SSSR count). The van der Waals surface area contributed by atoms with Gasteiger partial charge in [-0.15, -0.1) is 0 Å². The fourth-order valence-corrected chi connectivity index (χ4v) is 2.13. The van der Waals surface area contributed by atoms with Crippen LogP contribution in [0.4, 0.5) is 5.69 Å².